The molecule has 11 nitrogen and oxygen atoms in total. The molecule has 45 heavy (non-hydrogen) atoms. The van der Waals surface area contributed by atoms with E-state index in [-0.39, 0.29) is 5.60 Å². The molecule has 20 heteroatoms. The standard InChI is InChI=1S/C19H31N3O2.3C2HF3O2/c1-16(2)21(3)13-18-7-8-19(24-18)14-22(10-11-23-15-19)12-17-6-4-5-9-20-17;3*3-2(4,5)1(6)7/h4-6,9,16,18H,7-8,10-15H2,1-3H3;3*(H,6,7). The lowest BCUT2D eigenvalue weighted by Crippen LogP contribution is -2.45. The van der Waals surface area contributed by atoms with E-state index in [4.69, 9.17) is 39.2 Å². The number of pyridine rings is 1. The average molecular weight is 676 g/mol. The van der Waals surface area contributed by atoms with E-state index in [1.54, 1.807) is 0 Å². The molecule has 2 unspecified atom stereocenters. The minimum atomic E-state index is -5.08. The Morgan fingerprint density at radius 3 is 1.87 bits per heavy atom. The Labute approximate surface area is 251 Å². The molecule has 3 heterocycles. The number of aliphatic carboxylic acids is 3. The molecule has 2 atom stereocenters. The maximum Gasteiger partial charge on any atom is 0.490 e. The number of hydrogen-bond acceptors (Lipinski definition) is 8. The molecule has 3 N–H and O–H groups in total. The minimum Gasteiger partial charge on any atom is -0.475 e. The lowest BCUT2D eigenvalue weighted by atomic mass is 10.00. The summed E-state index contributed by atoms with van der Waals surface area (Å²) in [5.41, 5.74) is 0.969. The topological polar surface area (TPSA) is 150 Å². The molecule has 3 rings (SSSR count). The van der Waals surface area contributed by atoms with Crippen molar-refractivity contribution in [2.24, 2.45) is 0 Å². The van der Waals surface area contributed by atoms with Gasteiger partial charge in [-0.05, 0) is 45.9 Å². The van der Waals surface area contributed by atoms with Gasteiger partial charge >= 0.3 is 36.4 Å². The first-order valence-electron chi connectivity index (χ1n) is 12.9. The highest BCUT2D eigenvalue weighted by atomic mass is 19.4. The number of carboxylic acids is 3. The van der Waals surface area contributed by atoms with Crippen LogP contribution >= 0.6 is 0 Å². The summed E-state index contributed by atoms with van der Waals surface area (Å²) in [6, 6.07) is 6.66. The predicted octanol–water partition coefficient (Wildman–Crippen LogP) is 4.07. The summed E-state index contributed by atoms with van der Waals surface area (Å²) in [6.45, 7) is 9.69. The quantitative estimate of drug-likeness (QED) is 0.388. The van der Waals surface area contributed by atoms with Crippen LogP contribution in [0.3, 0.4) is 0 Å². The highest BCUT2D eigenvalue weighted by Gasteiger charge is 2.43. The molecular weight excluding hydrogens is 641 g/mol. The van der Waals surface area contributed by atoms with Crippen LogP contribution in [0.2, 0.25) is 0 Å². The summed E-state index contributed by atoms with van der Waals surface area (Å²) in [5.74, 6) is -8.27. The third-order valence-electron chi connectivity index (χ3n) is 5.98. The van der Waals surface area contributed by atoms with E-state index < -0.39 is 36.4 Å². The molecule has 260 valence electrons. The molecule has 0 aromatic carbocycles. The van der Waals surface area contributed by atoms with Crippen LogP contribution < -0.4 is 0 Å². The van der Waals surface area contributed by atoms with E-state index in [0.717, 1.165) is 51.3 Å². The second-order valence-corrected chi connectivity index (χ2v) is 9.99. The molecule has 0 saturated carbocycles. The zero-order valence-electron chi connectivity index (χ0n) is 24.2. The maximum atomic E-state index is 10.6. The van der Waals surface area contributed by atoms with Crippen molar-refractivity contribution in [1.82, 2.24) is 14.8 Å². The average Bonchev–Trinajstić information content (AvgIpc) is 3.17. The van der Waals surface area contributed by atoms with Crippen LogP contribution in [0, 0.1) is 0 Å². The SMILES string of the molecule is CC(C)N(C)CC1CCC2(COCCN(Cc3ccccn3)C2)O1.O=C(O)C(F)(F)F.O=C(O)C(F)(F)F.O=C(O)C(F)(F)F. The Morgan fingerprint density at radius 1 is 0.978 bits per heavy atom. The van der Waals surface area contributed by atoms with Crippen molar-refractivity contribution in [2.45, 2.75) is 69.5 Å². The van der Waals surface area contributed by atoms with Crippen LogP contribution in [0.5, 0.6) is 0 Å². The first-order valence-corrected chi connectivity index (χ1v) is 12.9. The maximum absolute atomic E-state index is 10.6. The molecule has 0 radical (unpaired) electrons. The fraction of sp³-hybridized carbons (Fsp3) is 0.680. The molecular formula is C25H34F9N3O8. The monoisotopic (exact) mass is 675 g/mol. The zero-order chi connectivity index (χ0) is 35.2. The third-order valence-corrected chi connectivity index (χ3v) is 5.98. The molecule has 0 aliphatic carbocycles. The summed E-state index contributed by atoms with van der Waals surface area (Å²) >= 11 is 0. The molecule has 1 aromatic rings. The summed E-state index contributed by atoms with van der Waals surface area (Å²) in [7, 11) is 2.18. The van der Waals surface area contributed by atoms with E-state index >= 15 is 0 Å². The van der Waals surface area contributed by atoms with Crippen molar-refractivity contribution in [2.75, 3.05) is 39.9 Å². The summed E-state index contributed by atoms with van der Waals surface area (Å²) in [4.78, 5) is 36.0. The number of rotatable bonds is 5. The molecule has 1 aromatic heterocycles. The van der Waals surface area contributed by atoms with E-state index in [0.29, 0.717) is 18.8 Å². The number of carbonyl (C=O) groups is 3. The van der Waals surface area contributed by atoms with Crippen molar-refractivity contribution in [1.29, 1.82) is 0 Å². The molecule has 0 amide bonds. The Balaban J connectivity index is 0.000000753. The van der Waals surface area contributed by atoms with Crippen LogP contribution in [0.4, 0.5) is 39.5 Å². The molecule has 2 fully saturated rings. The summed E-state index contributed by atoms with van der Waals surface area (Å²) < 4.78 is 108. The normalized spacial score (nSPS) is 20.6. The van der Waals surface area contributed by atoms with Gasteiger partial charge in [-0.3, -0.25) is 9.88 Å². The van der Waals surface area contributed by atoms with Crippen LogP contribution in [0.1, 0.15) is 32.4 Å². The smallest absolute Gasteiger partial charge is 0.475 e. The highest BCUT2D eigenvalue weighted by molar-refractivity contribution is 5.73. The van der Waals surface area contributed by atoms with Gasteiger partial charge in [0.2, 0.25) is 0 Å². The number of halogens is 9. The van der Waals surface area contributed by atoms with Gasteiger partial charge in [0.1, 0.15) is 5.60 Å². The van der Waals surface area contributed by atoms with Gasteiger partial charge in [0.15, 0.2) is 0 Å². The fourth-order valence-corrected chi connectivity index (χ4v) is 3.62. The van der Waals surface area contributed by atoms with E-state index in [9.17, 15) is 39.5 Å². The van der Waals surface area contributed by atoms with Crippen molar-refractivity contribution in [3.63, 3.8) is 0 Å². The van der Waals surface area contributed by atoms with Gasteiger partial charge in [-0.2, -0.15) is 39.5 Å². The van der Waals surface area contributed by atoms with E-state index in [2.05, 4.69) is 47.8 Å². The van der Waals surface area contributed by atoms with Crippen molar-refractivity contribution < 1.29 is 78.7 Å². The number of alkyl halides is 9. The van der Waals surface area contributed by atoms with Gasteiger partial charge in [0.25, 0.3) is 0 Å². The van der Waals surface area contributed by atoms with Crippen molar-refractivity contribution in [3.05, 3.63) is 30.1 Å². The fourth-order valence-electron chi connectivity index (χ4n) is 3.62. The Bertz CT molecular complexity index is 1000. The summed E-state index contributed by atoms with van der Waals surface area (Å²) in [5, 5.41) is 21.4. The molecule has 2 aliphatic heterocycles. The van der Waals surface area contributed by atoms with Gasteiger partial charge in [0.05, 0.1) is 25.0 Å². The van der Waals surface area contributed by atoms with Gasteiger partial charge in [-0.15, -0.1) is 0 Å². The molecule has 2 aliphatic rings. The van der Waals surface area contributed by atoms with Crippen LogP contribution in [-0.4, -0.2) is 124 Å². The Kier molecular flexibility index (Phi) is 16.8. The number of likely N-dealkylation sites (N-methyl/N-ethyl adjacent to an activating group) is 1. The number of aromatic nitrogens is 1. The second kappa shape index (κ2) is 18.1. The predicted molar refractivity (Wildman–Crippen MR) is 136 cm³/mol. The third kappa shape index (κ3) is 17.7. The first-order chi connectivity index (χ1) is 20.4. The summed E-state index contributed by atoms with van der Waals surface area (Å²) in [6.07, 6.45) is -10.9. The minimum absolute atomic E-state index is 0.145. The van der Waals surface area contributed by atoms with Crippen molar-refractivity contribution >= 4 is 17.9 Å². The zero-order valence-corrected chi connectivity index (χ0v) is 24.2. The van der Waals surface area contributed by atoms with Gasteiger partial charge in [-0.25, -0.2) is 14.4 Å². The van der Waals surface area contributed by atoms with Gasteiger partial charge in [0, 0.05) is 38.4 Å². The Hall–Kier alpha value is -3.23. The number of carboxylic acid groups (broad SMARTS) is 3. The van der Waals surface area contributed by atoms with Crippen LogP contribution in [0.15, 0.2) is 24.4 Å². The highest BCUT2D eigenvalue weighted by Crippen LogP contribution is 2.33. The lowest BCUT2D eigenvalue weighted by Gasteiger charge is -2.33. The van der Waals surface area contributed by atoms with Crippen LogP contribution in [0.25, 0.3) is 0 Å². The first kappa shape index (κ1) is 41.8. The lowest BCUT2D eigenvalue weighted by molar-refractivity contribution is -0.193. The number of nitrogens with zero attached hydrogens (tertiary/aromatic N) is 3. The molecule has 2 saturated heterocycles. The van der Waals surface area contributed by atoms with Crippen molar-refractivity contribution in [3.8, 4) is 0 Å². The number of ether oxygens (including phenoxy) is 2. The second-order valence-electron chi connectivity index (χ2n) is 9.99. The molecule has 0 bridgehead atoms. The van der Waals surface area contributed by atoms with E-state index in [1.165, 1.54) is 0 Å². The largest absolute Gasteiger partial charge is 0.490 e. The number of hydrogen-bond donors (Lipinski definition) is 3. The van der Waals surface area contributed by atoms with Crippen LogP contribution in [-0.2, 0) is 30.4 Å². The van der Waals surface area contributed by atoms with Gasteiger partial charge in [-0.1, -0.05) is 6.07 Å². The van der Waals surface area contributed by atoms with Gasteiger partial charge < -0.3 is 29.7 Å². The molecule has 1 spiro atoms. The Morgan fingerprint density at radius 2 is 1.47 bits per heavy atom. The van der Waals surface area contributed by atoms with E-state index in [1.807, 2.05) is 12.3 Å².